The highest BCUT2D eigenvalue weighted by Gasteiger charge is 2.44. The van der Waals surface area contributed by atoms with Gasteiger partial charge in [-0.1, -0.05) is 0 Å². The molecule has 0 radical (unpaired) electrons. The summed E-state index contributed by atoms with van der Waals surface area (Å²) in [7, 11) is 0. The van der Waals surface area contributed by atoms with E-state index in [0.29, 0.717) is 11.1 Å². The lowest BCUT2D eigenvalue weighted by Crippen LogP contribution is -2.54. The zero-order chi connectivity index (χ0) is 18.8. The monoisotopic (exact) mass is 357 g/mol. The third kappa shape index (κ3) is 2.87. The Hall–Kier alpha value is -3.03. The number of nitrogens with zero attached hydrogens (tertiary/aromatic N) is 2. The molecular formula is C18H19N3O5. The third-order valence-corrected chi connectivity index (χ3v) is 4.89. The first-order valence-corrected chi connectivity index (χ1v) is 8.46. The van der Waals surface area contributed by atoms with Gasteiger partial charge in [0.1, 0.15) is 12.8 Å². The number of nitrogens with one attached hydrogen (secondary N) is 1. The van der Waals surface area contributed by atoms with Crippen LogP contribution in [0.15, 0.2) is 18.2 Å². The molecule has 8 nitrogen and oxygen atoms in total. The number of imide groups is 2. The van der Waals surface area contributed by atoms with Gasteiger partial charge < -0.3 is 9.69 Å². The van der Waals surface area contributed by atoms with E-state index in [9.17, 15) is 19.2 Å². The second-order valence-corrected chi connectivity index (χ2v) is 6.37. The number of carbonyl (C=O) groups is 5. The van der Waals surface area contributed by atoms with Crippen molar-refractivity contribution >= 4 is 36.1 Å². The lowest BCUT2D eigenvalue weighted by atomic mass is 10.0. The van der Waals surface area contributed by atoms with Crippen molar-refractivity contribution < 1.29 is 24.0 Å². The molecule has 0 saturated carbocycles. The van der Waals surface area contributed by atoms with E-state index in [0.717, 1.165) is 36.5 Å². The van der Waals surface area contributed by atoms with E-state index in [-0.39, 0.29) is 18.7 Å². The number of rotatable bonds is 2. The van der Waals surface area contributed by atoms with Crippen LogP contribution in [0.5, 0.6) is 0 Å². The van der Waals surface area contributed by atoms with Gasteiger partial charge in [-0.25, -0.2) is 0 Å². The van der Waals surface area contributed by atoms with Gasteiger partial charge in [-0.05, 0) is 37.5 Å². The van der Waals surface area contributed by atoms with E-state index in [2.05, 4.69) is 10.2 Å². The van der Waals surface area contributed by atoms with Crippen LogP contribution in [0.3, 0.4) is 0 Å². The average Bonchev–Trinajstić information content (AvgIpc) is 3.26. The van der Waals surface area contributed by atoms with E-state index in [1.165, 1.54) is 0 Å². The fourth-order valence-corrected chi connectivity index (χ4v) is 3.63. The highest BCUT2D eigenvalue weighted by molar-refractivity contribution is 6.23. The zero-order valence-electron chi connectivity index (χ0n) is 14.2. The topological polar surface area (TPSA) is 104 Å². The molecule has 0 aromatic heterocycles. The SMILES string of the molecule is C=O.O=C1CCC(N2C(=O)c3ccc(N4CCCC4)cc3C2=O)C(=O)N1. The quantitative estimate of drug-likeness (QED) is 0.773. The Balaban J connectivity index is 0.000000948. The molecule has 8 heteroatoms. The van der Waals surface area contributed by atoms with Crippen molar-refractivity contribution in [1.82, 2.24) is 10.2 Å². The van der Waals surface area contributed by atoms with Crippen LogP contribution >= 0.6 is 0 Å². The highest BCUT2D eigenvalue weighted by atomic mass is 16.2. The molecule has 0 bridgehead atoms. The van der Waals surface area contributed by atoms with Crippen LogP contribution in [-0.2, 0) is 14.4 Å². The van der Waals surface area contributed by atoms with Crippen LogP contribution < -0.4 is 10.2 Å². The molecule has 1 aromatic carbocycles. The molecule has 1 N–H and O–H groups in total. The summed E-state index contributed by atoms with van der Waals surface area (Å²) in [5.74, 6) is -1.87. The maximum absolute atomic E-state index is 12.7. The van der Waals surface area contributed by atoms with Crippen molar-refractivity contribution in [2.45, 2.75) is 31.7 Å². The predicted octanol–water partition coefficient (Wildman–Crippen LogP) is 0.503. The fraction of sp³-hybridized carbons (Fsp3) is 0.389. The Kier molecular flexibility index (Phi) is 4.83. The number of hydrogen-bond acceptors (Lipinski definition) is 6. The van der Waals surface area contributed by atoms with Gasteiger partial charge in [0.2, 0.25) is 11.8 Å². The Bertz CT molecular complexity index is 785. The number of benzene rings is 1. The summed E-state index contributed by atoms with van der Waals surface area (Å²) in [6.45, 7) is 3.88. The Morgan fingerprint density at radius 1 is 0.962 bits per heavy atom. The average molecular weight is 357 g/mol. The molecule has 136 valence electrons. The smallest absolute Gasteiger partial charge is 0.262 e. The molecule has 2 saturated heterocycles. The molecule has 1 atom stereocenters. The van der Waals surface area contributed by atoms with Gasteiger partial charge in [0.05, 0.1) is 11.1 Å². The summed E-state index contributed by atoms with van der Waals surface area (Å²) in [5.41, 5.74) is 1.60. The molecule has 3 heterocycles. The number of carbonyl (C=O) groups excluding carboxylic acids is 5. The van der Waals surface area contributed by atoms with Gasteiger partial charge in [-0.15, -0.1) is 0 Å². The summed E-state index contributed by atoms with van der Waals surface area (Å²) >= 11 is 0. The number of amides is 4. The van der Waals surface area contributed by atoms with Crippen LogP contribution in [0.25, 0.3) is 0 Å². The van der Waals surface area contributed by atoms with Gasteiger partial charge in [0.25, 0.3) is 11.8 Å². The van der Waals surface area contributed by atoms with Crippen LogP contribution in [0, 0.1) is 0 Å². The van der Waals surface area contributed by atoms with Crippen molar-refractivity contribution in [3.63, 3.8) is 0 Å². The molecule has 0 aliphatic carbocycles. The molecule has 0 spiro atoms. The van der Waals surface area contributed by atoms with E-state index >= 15 is 0 Å². The molecule has 2 fully saturated rings. The first-order valence-electron chi connectivity index (χ1n) is 8.46. The predicted molar refractivity (Wildman–Crippen MR) is 91.7 cm³/mol. The summed E-state index contributed by atoms with van der Waals surface area (Å²) in [4.78, 5) is 59.8. The maximum atomic E-state index is 12.7. The lowest BCUT2D eigenvalue weighted by molar-refractivity contribution is -0.136. The van der Waals surface area contributed by atoms with E-state index in [1.54, 1.807) is 12.1 Å². The van der Waals surface area contributed by atoms with E-state index < -0.39 is 23.8 Å². The summed E-state index contributed by atoms with van der Waals surface area (Å²) < 4.78 is 0. The Morgan fingerprint density at radius 2 is 1.62 bits per heavy atom. The third-order valence-electron chi connectivity index (χ3n) is 4.89. The normalized spacial score (nSPS) is 22.1. The summed E-state index contributed by atoms with van der Waals surface area (Å²) in [6.07, 6.45) is 2.54. The van der Waals surface area contributed by atoms with Crippen molar-refractivity contribution in [1.29, 1.82) is 0 Å². The molecule has 3 aliphatic rings. The molecule has 1 unspecified atom stereocenters. The standard InChI is InChI=1S/C17H17N3O4.CH2O/c21-14-6-5-13(15(22)18-14)20-16(23)11-4-3-10(9-12(11)17(20)24)19-7-1-2-8-19;1-2/h3-4,9,13H,1-2,5-8H2,(H,18,21,22);1H2. The van der Waals surface area contributed by atoms with Crippen molar-refractivity contribution in [2.75, 3.05) is 18.0 Å². The van der Waals surface area contributed by atoms with Gasteiger partial charge in [0, 0.05) is 25.2 Å². The lowest BCUT2D eigenvalue weighted by Gasteiger charge is -2.27. The maximum Gasteiger partial charge on any atom is 0.262 e. The van der Waals surface area contributed by atoms with Crippen LogP contribution in [0.2, 0.25) is 0 Å². The number of anilines is 1. The van der Waals surface area contributed by atoms with E-state index in [4.69, 9.17) is 4.79 Å². The van der Waals surface area contributed by atoms with Gasteiger partial charge >= 0.3 is 0 Å². The summed E-state index contributed by atoms with van der Waals surface area (Å²) in [5, 5.41) is 2.20. The van der Waals surface area contributed by atoms with E-state index in [1.807, 2.05) is 12.9 Å². The fourth-order valence-electron chi connectivity index (χ4n) is 3.63. The zero-order valence-corrected chi connectivity index (χ0v) is 14.2. The molecule has 4 amide bonds. The summed E-state index contributed by atoms with van der Waals surface area (Å²) in [6, 6.07) is 4.34. The first-order chi connectivity index (χ1) is 12.6. The van der Waals surface area contributed by atoms with Crippen LogP contribution in [-0.4, -0.2) is 54.4 Å². The van der Waals surface area contributed by atoms with Crippen molar-refractivity contribution in [2.24, 2.45) is 0 Å². The largest absolute Gasteiger partial charge is 0.372 e. The minimum Gasteiger partial charge on any atom is -0.372 e. The number of fused-ring (bicyclic) bond motifs is 1. The Morgan fingerprint density at radius 3 is 2.27 bits per heavy atom. The Labute approximate surface area is 150 Å². The second kappa shape index (κ2) is 7.07. The van der Waals surface area contributed by atoms with Gasteiger partial charge in [-0.2, -0.15) is 0 Å². The van der Waals surface area contributed by atoms with Gasteiger partial charge in [0.15, 0.2) is 0 Å². The molecule has 1 aromatic rings. The van der Waals surface area contributed by atoms with Crippen LogP contribution in [0.4, 0.5) is 5.69 Å². The first kappa shape index (κ1) is 17.8. The molecular weight excluding hydrogens is 338 g/mol. The minimum atomic E-state index is -0.912. The molecule has 26 heavy (non-hydrogen) atoms. The molecule has 4 rings (SSSR count). The van der Waals surface area contributed by atoms with Crippen LogP contribution in [0.1, 0.15) is 46.4 Å². The van der Waals surface area contributed by atoms with Gasteiger partial charge in [-0.3, -0.25) is 29.4 Å². The second-order valence-electron chi connectivity index (χ2n) is 6.37. The van der Waals surface area contributed by atoms with Crippen molar-refractivity contribution in [3.8, 4) is 0 Å². The number of hydrogen-bond donors (Lipinski definition) is 1. The highest BCUT2D eigenvalue weighted by Crippen LogP contribution is 2.31. The number of piperidine rings is 1. The minimum absolute atomic E-state index is 0.128. The van der Waals surface area contributed by atoms with Crippen molar-refractivity contribution in [3.05, 3.63) is 29.3 Å². The molecule has 3 aliphatic heterocycles.